The van der Waals surface area contributed by atoms with Crippen LogP contribution in [-0.2, 0) is 0 Å². The van der Waals surface area contributed by atoms with E-state index in [9.17, 15) is 0 Å². The largest absolute Gasteiger partial charge is 0.299 e. The summed E-state index contributed by atoms with van der Waals surface area (Å²) >= 11 is 1.68. The summed E-state index contributed by atoms with van der Waals surface area (Å²) < 4.78 is 0. The quantitative estimate of drug-likeness (QED) is 0.469. The maximum absolute atomic E-state index is 4.28. The van der Waals surface area contributed by atoms with Crippen LogP contribution in [0.1, 0.15) is 13.8 Å². The van der Waals surface area contributed by atoms with Crippen LogP contribution < -0.4 is 5.32 Å². The molecule has 0 fully saturated rings. The zero-order chi connectivity index (χ0) is 7.28. The van der Waals surface area contributed by atoms with E-state index in [0.29, 0.717) is 0 Å². The molecule has 0 aromatic heterocycles. The molecule has 0 radical (unpaired) electrons. The van der Waals surface area contributed by atoms with Gasteiger partial charge in [-0.1, -0.05) is 0 Å². The maximum Gasteiger partial charge on any atom is 0.0972 e. The van der Waals surface area contributed by atoms with Crippen molar-refractivity contribution in [3.63, 3.8) is 0 Å². The fourth-order valence-corrected chi connectivity index (χ4v) is 0.653. The van der Waals surface area contributed by atoms with Crippen molar-refractivity contribution < 1.29 is 0 Å². The molecule has 2 nitrogen and oxygen atoms in total. The van der Waals surface area contributed by atoms with Crippen LogP contribution in [0.4, 0.5) is 0 Å². The molecular formula is C6H14N2S. The zero-order valence-electron chi connectivity index (χ0n) is 6.43. The Morgan fingerprint density at radius 3 is 2.56 bits per heavy atom. The monoisotopic (exact) mass is 146 g/mol. The van der Waals surface area contributed by atoms with Crippen LogP contribution in [0, 0.1) is 0 Å². The lowest BCUT2D eigenvalue weighted by molar-refractivity contribution is 0.643. The van der Waals surface area contributed by atoms with Crippen LogP contribution >= 0.6 is 11.8 Å². The second-order valence-corrected chi connectivity index (χ2v) is 2.82. The Hall–Kier alpha value is -0.0200. The van der Waals surface area contributed by atoms with Crippen molar-refractivity contribution in [1.29, 1.82) is 0 Å². The van der Waals surface area contributed by atoms with Gasteiger partial charge < -0.3 is 0 Å². The Bertz CT molecular complexity index is 101. The van der Waals surface area contributed by atoms with E-state index >= 15 is 0 Å². The number of nitrogens with zero attached hydrogens (tertiary/aromatic N) is 1. The van der Waals surface area contributed by atoms with E-state index in [4.69, 9.17) is 0 Å². The lowest BCUT2D eigenvalue weighted by Crippen LogP contribution is -2.19. The smallest absolute Gasteiger partial charge is 0.0972 e. The predicted molar refractivity (Wildman–Crippen MR) is 45.1 cm³/mol. The third kappa shape index (κ3) is 4.48. The molecule has 1 N–H and O–H groups in total. The lowest BCUT2D eigenvalue weighted by Gasteiger charge is -2.03. The molecule has 9 heavy (non-hydrogen) atoms. The summed E-state index contributed by atoms with van der Waals surface area (Å²) in [7, 11) is 1.90. The van der Waals surface area contributed by atoms with Crippen molar-refractivity contribution in [2.24, 2.45) is 4.99 Å². The number of thioether (sulfide) groups is 1. The van der Waals surface area contributed by atoms with Gasteiger partial charge in [0.15, 0.2) is 0 Å². The number of nitrogens with one attached hydrogen (secondary N) is 1. The van der Waals surface area contributed by atoms with E-state index in [-0.39, 0.29) is 6.17 Å². The standard InChI is InChI=1S/C6H14N2S/c1-5(7-3)8-6(2)9-4/h5,7H,1-4H3. The molecule has 0 aromatic carbocycles. The molecule has 0 aliphatic heterocycles. The van der Waals surface area contributed by atoms with Gasteiger partial charge in [0.05, 0.1) is 11.2 Å². The average molecular weight is 146 g/mol. The molecule has 1 unspecified atom stereocenters. The summed E-state index contributed by atoms with van der Waals surface area (Å²) in [6.07, 6.45) is 2.28. The molecular weight excluding hydrogens is 132 g/mol. The third-order valence-corrected chi connectivity index (χ3v) is 1.78. The van der Waals surface area contributed by atoms with Gasteiger partial charge in [-0.25, -0.2) is 0 Å². The fraction of sp³-hybridized carbons (Fsp3) is 0.833. The average Bonchev–Trinajstić information content (AvgIpc) is 1.87. The highest BCUT2D eigenvalue weighted by Crippen LogP contribution is 1.97. The molecule has 0 saturated carbocycles. The molecule has 0 heterocycles. The van der Waals surface area contributed by atoms with Crippen LogP contribution in [-0.4, -0.2) is 24.5 Å². The lowest BCUT2D eigenvalue weighted by atomic mass is 10.6. The molecule has 0 rings (SSSR count). The summed E-state index contributed by atoms with van der Waals surface area (Å²) in [6.45, 7) is 4.04. The zero-order valence-corrected chi connectivity index (χ0v) is 7.25. The Morgan fingerprint density at radius 2 is 2.22 bits per heavy atom. The van der Waals surface area contributed by atoms with E-state index in [2.05, 4.69) is 10.3 Å². The Kier molecular flexibility index (Phi) is 4.81. The fourth-order valence-electron chi connectivity index (χ4n) is 0.390. The first-order valence-electron chi connectivity index (χ1n) is 2.96. The van der Waals surface area contributed by atoms with Gasteiger partial charge >= 0.3 is 0 Å². The minimum Gasteiger partial charge on any atom is -0.299 e. The summed E-state index contributed by atoms with van der Waals surface area (Å²) in [4.78, 5) is 4.28. The SMILES string of the molecule is CNC(C)N=C(C)SC. The number of hydrogen-bond donors (Lipinski definition) is 1. The highest BCUT2D eigenvalue weighted by atomic mass is 32.2. The van der Waals surface area contributed by atoms with Gasteiger partial charge in [-0.3, -0.25) is 10.3 Å². The van der Waals surface area contributed by atoms with Crippen LogP contribution in [0.15, 0.2) is 4.99 Å². The number of rotatable bonds is 2. The highest BCUT2D eigenvalue weighted by molar-refractivity contribution is 8.13. The normalized spacial score (nSPS) is 15.8. The first-order chi connectivity index (χ1) is 4.20. The topological polar surface area (TPSA) is 24.4 Å². The molecule has 0 amide bonds. The van der Waals surface area contributed by atoms with Gasteiger partial charge in [-0.2, -0.15) is 0 Å². The first kappa shape index (κ1) is 8.98. The molecule has 0 aromatic rings. The maximum atomic E-state index is 4.28. The molecule has 0 bridgehead atoms. The van der Waals surface area contributed by atoms with Gasteiger partial charge in [0.2, 0.25) is 0 Å². The summed E-state index contributed by atoms with van der Waals surface area (Å²) in [5.74, 6) is 0. The highest BCUT2D eigenvalue weighted by Gasteiger charge is 1.91. The first-order valence-corrected chi connectivity index (χ1v) is 4.18. The van der Waals surface area contributed by atoms with Gasteiger partial charge in [-0.15, -0.1) is 11.8 Å². The summed E-state index contributed by atoms with van der Waals surface area (Å²) in [5.41, 5.74) is 0. The van der Waals surface area contributed by atoms with Crippen LogP contribution in [0.25, 0.3) is 0 Å². The van der Waals surface area contributed by atoms with Crippen molar-refractivity contribution in [2.45, 2.75) is 20.0 Å². The minimum atomic E-state index is 0.248. The van der Waals surface area contributed by atoms with Gasteiger partial charge in [0.25, 0.3) is 0 Å². The van der Waals surface area contributed by atoms with Crippen molar-refractivity contribution >= 4 is 16.8 Å². The van der Waals surface area contributed by atoms with Crippen molar-refractivity contribution in [2.75, 3.05) is 13.3 Å². The Labute approximate surface area is 61.1 Å². The Morgan fingerprint density at radius 1 is 1.67 bits per heavy atom. The Balaban J connectivity index is 3.64. The van der Waals surface area contributed by atoms with E-state index in [1.165, 1.54) is 0 Å². The van der Waals surface area contributed by atoms with E-state index < -0.39 is 0 Å². The second-order valence-electron chi connectivity index (χ2n) is 1.82. The van der Waals surface area contributed by atoms with E-state index in [1.807, 2.05) is 27.2 Å². The second kappa shape index (κ2) is 4.82. The summed E-state index contributed by atoms with van der Waals surface area (Å²) in [5, 5.41) is 4.15. The minimum absolute atomic E-state index is 0.248. The summed E-state index contributed by atoms with van der Waals surface area (Å²) in [6, 6.07) is 0. The van der Waals surface area contributed by atoms with Gasteiger partial charge in [-0.05, 0) is 27.2 Å². The molecule has 3 heteroatoms. The molecule has 0 saturated heterocycles. The van der Waals surface area contributed by atoms with Gasteiger partial charge in [0.1, 0.15) is 0 Å². The van der Waals surface area contributed by atoms with Crippen molar-refractivity contribution in [3.8, 4) is 0 Å². The van der Waals surface area contributed by atoms with Gasteiger partial charge in [0, 0.05) is 0 Å². The molecule has 0 spiro atoms. The molecule has 0 aliphatic carbocycles. The molecule has 1 atom stereocenters. The van der Waals surface area contributed by atoms with Crippen LogP contribution in [0.5, 0.6) is 0 Å². The third-order valence-electron chi connectivity index (χ3n) is 1.09. The van der Waals surface area contributed by atoms with Crippen molar-refractivity contribution in [3.05, 3.63) is 0 Å². The van der Waals surface area contributed by atoms with Crippen LogP contribution in [0.2, 0.25) is 0 Å². The van der Waals surface area contributed by atoms with Crippen molar-refractivity contribution in [1.82, 2.24) is 5.32 Å². The van der Waals surface area contributed by atoms with E-state index in [1.54, 1.807) is 11.8 Å². The molecule has 0 aliphatic rings. The number of aliphatic imine (C=N–C) groups is 1. The van der Waals surface area contributed by atoms with Crippen LogP contribution in [0.3, 0.4) is 0 Å². The number of hydrogen-bond acceptors (Lipinski definition) is 3. The predicted octanol–water partition coefficient (Wildman–Crippen LogP) is 1.33. The molecule has 54 valence electrons. The van der Waals surface area contributed by atoms with E-state index in [0.717, 1.165) is 5.04 Å².